The van der Waals surface area contributed by atoms with Crippen molar-refractivity contribution >= 4 is 0 Å². The first-order valence-corrected chi connectivity index (χ1v) is 9.65. The van der Waals surface area contributed by atoms with Crippen LogP contribution in [0.5, 0.6) is 0 Å². The molecule has 0 fully saturated rings. The van der Waals surface area contributed by atoms with Crippen LogP contribution in [0.4, 0.5) is 0 Å². The summed E-state index contributed by atoms with van der Waals surface area (Å²) in [7, 11) is 0. The lowest BCUT2D eigenvalue weighted by Gasteiger charge is -2.10. The second-order valence-corrected chi connectivity index (χ2v) is 7.15. The van der Waals surface area contributed by atoms with Gasteiger partial charge in [0.25, 0.3) is 0 Å². The molecule has 2 heterocycles. The number of hydrogen-bond acceptors (Lipinski definition) is 2. The zero-order chi connectivity index (χ0) is 18.5. The molecule has 0 radical (unpaired) electrons. The topological polar surface area (TPSA) is 25.8 Å². The summed E-state index contributed by atoms with van der Waals surface area (Å²) in [5, 5.41) is 0. The average Bonchev–Trinajstić information content (AvgIpc) is 2.73. The normalized spacial score (nSPS) is 13.4. The van der Waals surface area contributed by atoms with Gasteiger partial charge < -0.3 is 0 Å². The van der Waals surface area contributed by atoms with E-state index in [1.54, 1.807) is 0 Å². The first kappa shape index (κ1) is 18.3. The number of pyridine rings is 2. The van der Waals surface area contributed by atoms with E-state index >= 15 is 0 Å². The van der Waals surface area contributed by atoms with Crippen molar-refractivity contribution < 1.29 is 0 Å². The molecule has 0 saturated heterocycles. The first-order chi connectivity index (χ1) is 12.6. The Labute approximate surface area is 157 Å². The molecule has 2 unspecified atom stereocenters. The van der Waals surface area contributed by atoms with Crippen LogP contribution in [0.2, 0.25) is 0 Å². The maximum Gasteiger partial charge on any atom is 0.0702 e. The molecule has 0 aliphatic rings. The maximum absolute atomic E-state index is 4.65. The quantitative estimate of drug-likeness (QED) is 0.489. The van der Waals surface area contributed by atoms with Crippen molar-refractivity contribution in [2.24, 2.45) is 0 Å². The zero-order valence-electron chi connectivity index (χ0n) is 16.2. The smallest absolute Gasteiger partial charge is 0.0702 e. The Kier molecular flexibility index (Phi) is 5.82. The zero-order valence-corrected chi connectivity index (χ0v) is 16.2. The van der Waals surface area contributed by atoms with Crippen LogP contribution >= 0.6 is 0 Å². The van der Waals surface area contributed by atoms with Crippen LogP contribution in [0.25, 0.3) is 22.5 Å². The summed E-state index contributed by atoms with van der Waals surface area (Å²) in [6, 6.07) is 17.1. The van der Waals surface area contributed by atoms with Gasteiger partial charge in [-0.2, -0.15) is 0 Å². The molecule has 0 aliphatic carbocycles. The molecule has 1 aromatic carbocycles. The first-order valence-electron chi connectivity index (χ1n) is 9.65. The standard InChI is InChI=1S/C24H28N2/c1-5-17(3)21-11-13-23(25-15-21)19-7-9-20(10-8-19)24-14-12-22(16-26-24)18(4)6-2/h7-18H,5-6H2,1-4H3. The molecule has 2 heteroatoms. The van der Waals surface area contributed by atoms with Crippen molar-refractivity contribution in [2.45, 2.75) is 52.4 Å². The minimum absolute atomic E-state index is 0.559. The molecule has 0 aliphatic heterocycles. The Morgan fingerprint density at radius 2 is 1.00 bits per heavy atom. The third-order valence-electron chi connectivity index (χ3n) is 5.41. The van der Waals surface area contributed by atoms with Crippen LogP contribution in [0.15, 0.2) is 60.9 Å². The van der Waals surface area contributed by atoms with E-state index in [1.807, 2.05) is 12.4 Å². The minimum Gasteiger partial charge on any atom is -0.256 e. The number of nitrogens with zero attached hydrogens (tertiary/aromatic N) is 2. The number of rotatable bonds is 6. The Balaban J connectivity index is 1.78. The Bertz CT molecular complexity index is 745. The van der Waals surface area contributed by atoms with Crippen LogP contribution in [-0.2, 0) is 0 Å². The summed E-state index contributed by atoms with van der Waals surface area (Å²) in [5.41, 5.74) is 6.92. The number of aromatic nitrogens is 2. The second kappa shape index (κ2) is 8.27. The van der Waals surface area contributed by atoms with E-state index in [0.29, 0.717) is 11.8 Å². The van der Waals surface area contributed by atoms with Gasteiger partial charge in [-0.3, -0.25) is 9.97 Å². The van der Waals surface area contributed by atoms with Gasteiger partial charge in [-0.05, 0) is 47.9 Å². The Morgan fingerprint density at radius 3 is 1.27 bits per heavy atom. The minimum atomic E-state index is 0.559. The van der Waals surface area contributed by atoms with Gasteiger partial charge in [0.2, 0.25) is 0 Å². The summed E-state index contributed by atoms with van der Waals surface area (Å²) in [6.07, 6.45) is 6.29. The lowest BCUT2D eigenvalue weighted by Crippen LogP contribution is -1.94. The third-order valence-corrected chi connectivity index (χ3v) is 5.41. The molecule has 3 aromatic rings. The van der Waals surface area contributed by atoms with E-state index in [2.05, 4.69) is 86.2 Å². The van der Waals surface area contributed by atoms with Crippen molar-refractivity contribution in [2.75, 3.05) is 0 Å². The molecule has 26 heavy (non-hydrogen) atoms. The molecule has 0 bridgehead atoms. The van der Waals surface area contributed by atoms with E-state index < -0.39 is 0 Å². The molecule has 0 N–H and O–H groups in total. The number of benzene rings is 1. The van der Waals surface area contributed by atoms with Crippen LogP contribution in [-0.4, -0.2) is 9.97 Å². The van der Waals surface area contributed by atoms with Crippen molar-refractivity contribution in [1.82, 2.24) is 9.97 Å². The molecule has 2 atom stereocenters. The van der Waals surface area contributed by atoms with Gasteiger partial charge in [-0.1, -0.05) is 64.1 Å². The Hall–Kier alpha value is -2.48. The van der Waals surface area contributed by atoms with Crippen LogP contribution < -0.4 is 0 Å². The average molecular weight is 345 g/mol. The summed E-state index contributed by atoms with van der Waals surface area (Å²) < 4.78 is 0. The highest BCUT2D eigenvalue weighted by Gasteiger charge is 2.07. The summed E-state index contributed by atoms with van der Waals surface area (Å²) in [6.45, 7) is 8.90. The van der Waals surface area contributed by atoms with Gasteiger partial charge in [-0.25, -0.2) is 0 Å². The van der Waals surface area contributed by atoms with Crippen LogP contribution in [0.1, 0.15) is 63.5 Å². The summed E-state index contributed by atoms with van der Waals surface area (Å²) in [5.74, 6) is 1.12. The molecular formula is C24H28N2. The van der Waals surface area contributed by atoms with Gasteiger partial charge in [0.05, 0.1) is 11.4 Å². The highest BCUT2D eigenvalue weighted by atomic mass is 14.7. The van der Waals surface area contributed by atoms with Crippen molar-refractivity contribution in [3.63, 3.8) is 0 Å². The van der Waals surface area contributed by atoms with E-state index in [1.165, 1.54) is 11.1 Å². The molecule has 134 valence electrons. The van der Waals surface area contributed by atoms with Gasteiger partial charge in [0, 0.05) is 23.5 Å². The van der Waals surface area contributed by atoms with Crippen LogP contribution in [0, 0.1) is 0 Å². The lowest BCUT2D eigenvalue weighted by atomic mass is 9.99. The molecule has 0 spiro atoms. The second-order valence-electron chi connectivity index (χ2n) is 7.15. The summed E-state index contributed by atoms with van der Waals surface area (Å²) in [4.78, 5) is 9.29. The fourth-order valence-electron chi connectivity index (χ4n) is 3.02. The van der Waals surface area contributed by atoms with Gasteiger partial charge in [-0.15, -0.1) is 0 Å². The van der Waals surface area contributed by atoms with Gasteiger partial charge in [0.1, 0.15) is 0 Å². The molecule has 2 nitrogen and oxygen atoms in total. The third kappa shape index (κ3) is 4.01. The SMILES string of the molecule is CCC(C)c1ccc(-c2ccc(-c3ccc(C(C)CC)cn3)cc2)nc1. The Morgan fingerprint density at radius 1 is 0.615 bits per heavy atom. The van der Waals surface area contributed by atoms with Gasteiger partial charge >= 0.3 is 0 Å². The highest BCUT2D eigenvalue weighted by molar-refractivity contribution is 5.66. The van der Waals surface area contributed by atoms with Crippen molar-refractivity contribution in [3.05, 3.63) is 72.1 Å². The van der Waals surface area contributed by atoms with E-state index in [0.717, 1.165) is 35.4 Å². The fourth-order valence-corrected chi connectivity index (χ4v) is 3.02. The molecule has 2 aromatic heterocycles. The van der Waals surface area contributed by atoms with E-state index in [9.17, 15) is 0 Å². The highest BCUT2D eigenvalue weighted by Crippen LogP contribution is 2.26. The predicted octanol–water partition coefficient (Wildman–Crippen LogP) is 6.84. The monoisotopic (exact) mass is 344 g/mol. The molecule has 3 rings (SSSR count). The summed E-state index contributed by atoms with van der Waals surface area (Å²) >= 11 is 0. The van der Waals surface area contributed by atoms with E-state index in [-0.39, 0.29) is 0 Å². The fraction of sp³-hybridized carbons (Fsp3) is 0.333. The van der Waals surface area contributed by atoms with E-state index in [4.69, 9.17) is 0 Å². The lowest BCUT2D eigenvalue weighted by molar-refractivity contribution is 0.730. The molecule has 0 amide bonds. The van der Waals surface area contributed by atoms with Crippen molar-refractivity contribution in [3.8, 4) is 22.5 Å². The molecular weight excluding hydrogens is 316 g/mol. The maximum atomic E-state index is 4.65. The largest absolute Gasteiger partial charge is 0.256 e. The van der Waals surface area contributed by atoms with Gasteiger partial charge in [0.15, 0.2) is 0 Å². The number of hydrogen-bond donors (Lipinski definition) is 0. The van der Waals surface area contributed by atoms with Crippen LogP contribution in [0.3, 0.4) is 0 Å². The molecule has 0 saturated carbocycles. The predicted molar refractivity (Wildman–Crippen MR) is 110 cm³/mol. The van der Waals surface area contributed by atoms with Crippen molar-refractivity contribution in [1.29, 1.82) is 0 Å².